The molecule has 0 radical (unpaired) electrons. The Bertz CT molecular complexity index is 2470. The van der Waals surface area contributed by atoms with Crippen LogP contribution >= 0.6 is 0 Å². The monoisotopic (exact) mass is 612 g/mol. The van der Waals surface area contributed by atoms with Crippen molar-refractivity contribution in [3.8, 4) is 33.4 Å². The lowest BCUT2D eigenvalue weighted by molar-refractivity contribution is 1.28. The predicted octanol–water partition coefficient (Wildman–Crippen LogP) is 12.7. The van der Waals surface area contributed by atoms with Crippen molar-refractivity contribution in [2.75, 3.05) is 4.90 Å². The molecule has 0 amide bonds. The van der Waals surface area contributed by atoms with Gasteiger partial charge in [-0.05, 0) is 93.9 Å². The average Bonchev–Trinajstić information content (AvgIpc) is 3.51. The van der Waals surface area contributed by atoms with Crippen LogP contribution in [0.25, 0.3) is 60.7 Å². The lowest BCUT2D eigenvalue weighted by atomic mass is 9.98. The van der Waals surface area contributed by atoms with Gasteiger partial charge in [0.25, 0.3) is 0 Å². The van der Waals surface area contributed by atoms with E-state index in [1.807, 2.05) is 0 Å². The maximum Gasteiger partial charge on any atom is 0.0547 e. The van der Waals surface area contributed by atoms with Gasteiger partial charge in [0.1, 0.15) is 0 Å². The summed E-state index contributed by atoms with van der Waals surface area (Å²) in [6.07, 6.45) is 0. The molecule has 9 rings (SSSR count). The summed E-state index contributed by atoms with van der Waals surface area (Å²) in [5, 5.41) is 2.50. The Kier molecular flexibility index (Phi) is 6.84. The Morgan fingerprint density at radius 1 is 0.312 bits per heavy atom. The third-order valence-electron chi connectivity index (χ3n) is 9.37. The van der Waals surface area contributed by atoms with E-state index in [0.29, 0.717) is 0 Å². The molecule has 0 unspecified atom stereocenters. The van der Waals surface area contributed by atoms with E-state index in [4.69, 9.17) is 0 Å². The highest BCUT2D eigenvalue weighted by Crippen LogP contribution is 2.39. The number of anilines is 3. The van der Waals surface area contributed by atoms with Crippen LogP contribution in [-0.2, 0) is 0 Å². The maximum absolute atomic E-state index is 2.42. The Balaban J connectivity index is 1.04. The van der Waals surface area contributed by atoms with E-state index < -0.39 is 0 Å². The van der Waals surface area contributed by atoms with Crippen LogP contribution in [0.2, 0.25) is 0 Å². The van der Waals surface area contributed by atoms with Crippen LogP contribution in [-0.4, -0.2) is 4.40 Å². The molecule has 0 spiro atoms. The highest BCUT2D eigenvalue weighted by molar-refractivity contribution is 6.08. The summed E-state index contributed by atoms with van der Waals surface area (Å²) in [6, 6.07) is 69.7. The lowest BCUT2D eigenvalue weighted by Crippen LogP contribution is -2.09. The largest absolute Gasteiger partial charge is 0.311 e. The number of aromatic nitrogens is 1. The van der Waals surface area contributed by atoms with E-state index in [2.05, 4.69) is 203 Å². The smallest absolute Gasteiger partial charge is 0.0547 e. The quantitative estimate of drug-likeness (QED) is 0.181. The molecular formula is C46H32N2. The van der Waals surface area contributed by atoms with Gasteiger partial charge in [-0.3, -0.25) is 0 Å². The molecule has 48 heavy (non-hydrogen) atoms. The molecule has 0 fully saturated rings. The molecule has 0 bridgehead atoms. The lowest BCUT2D eigenvalue weighted by Gasteiger charge is -2.25. The second-order valence-electron chi connectivity index (χ2n) is 12.2. The number of benzene rings is 7. The van der Waals surface area contributed by atoms with Gasteiger partial charge in [0.2, 0.25) is 0 Å². The molecule has 0 aliphatic rings. The fourth-order valence-corrected chi connectivity index (χ4v) is 7.08. The van der Waals surface area contributed by atoms with Crippen LogP contribution in [0.1, 0.15) is 0 Å². The average molecular weight is 613 g/mol. The minimum Gasteiger partial charge on any atom is -0.311 e. The number of rotatable bonds is 6. The van der Waals surface area contributed by atoms with Crippen molar-refractivity contribution in [3.05, 3.63) is 194 Å². The van der Waals surface area contributed by atoms with Crippen molar-refractivity contribution in [1.29, 1.82) is 0 Å². The number of para-hydroxylation sites is 3. The van der Waals surface area contributed by atoms with Gasteiger partial charge in [0.05, 0.1) is 16.6 Å². The molecule has 2 aromatic heterocycles. The highest BCUT2D eigenvalue weighted by atomic mass is 15.1. The van der Waals surface area contributed by atoms with Gasteiger partial charge in [0.15, 0.2) is 0 Å². The number of pyridine rings is 1. The predicted molar refractivity (Wildman–Crippen MR) is 203 cm³/mol. The summed E-state index contributed by atoms with van der Waals surface area (Å²) in [5.74, 6) is 0. The van der Waals surface area contributed by atoms with E-state index in [-0.39, 0.29) is 0 Å². The zero-order chi connectivity index (χ0) is 31.9. The molecule has 0 N–H and O–H groups in total. The summed E-state index contributed by atoms with van der Waals surface area (Å²) in [4.78, 5) is 2.29. The molecule has 2 heterocycles. The van der Waals surface area contributed by atoms with E-state index >= 15 is 0 Å². The number of fused-ring (bicyclic) bond motifs is 5. The van der Waals surface area contributed by atoms with Crippen LogP contribution in [0.3, 0.4) is 0 Å². The SMILES string of the molecule is c1ccc(-c2c3ccccc3n3c2ccc2cc(-c4ccc(-c5ccc(N(c6ccccc6)c6ccccc6)cc5)cc4)ccc23)cc1. The molecule has 7 aromatic carbocycles. The van der Waals surface area contributed by atoms with Crippen LogP contribution in [0.15, 0.2) is 194 Å². The van der Waals surface area contributed by atoms with Crippen molar-refractivity contribution in [2.45, 2.75) is 0 Å². The van der Waals surface area contributed by atoms with Gasteiger partial charge < -0.3 is 9.30 Å². The third-order valence-corrected chi connectivity index (χ3v) is 9.37. The van der Waals surface area contributed by atoms with Crippen LogP contribution in [0.4, 0.5) is 17.1 Å². The molecule has 0 atom stereocenters. The zero-order valence-electron chi connectivity index (χ0n) is 26.4. The Labute approximate surface area is 280 Å². The van der Waals surface area contributed by atoms with Gasteiger partial charge in [-0.1, -0.05) is 133 Å². The van der Waals surface area contributed by atoms with Crippen LogP contribution < -0.4 is 4.90 Å². The fraction of sp³-hybridized carbons (Fsp3) is 0. The molecule has 226 valence electrons. The molecule has 2 nitrogen and oxygen atoms in total. The van der Waals surface area contributed by atoms with Gasteiger partial charge in [-0.2, -0.15) is 0 Å². The maximum atomic E-state index is 2.42. The fourth-order valence-electron chi connectivity index (χ4n) is 7.08. The first-order chi connectivity index (χ1) is 23.8. The van der Waals surface area contributed by atoms with E-state index in [0.717, 1.165) is 17.1 Å². The van der Waals surface area contributed by atoms with E-state index in [9.17, 15) is 0 Å². The second kappa shape index (κ2) is 11.8. The van der Waals surface area contributed by atoms with Crippen LogP contribution in [0.5, 0.6) is 0 Å². The molecule has 0 saturated heterocycles. The molecule has 2 heteroatoms. The first kappa shape index (κ1) is 27.9. The Morgan fingerprint density at radius 3 is 1.44 bits per heavy atom. The van der Waals surface area contributed by atoms with Gasteiger partial charge >= 0.3 is 0 Å². The topological polar surface area (TPSA) is 7.65 Å². The number of hydrogen-bond donors (Lipinski definition) is 0. The van der Waals surface area contributed by atoms with Crippen molar-refractivity contribution in [3.63, 3.8) is 0 Å². The first-order valence-electron chi connectivity index (χ1n) is 16.4. The molecule has 0 aliphatic carbocycles. The summed E-state index contributed by atoms with van der Waals surface area (Å²) < 4.78 is 2.42. The molecule has 0 saturated carbocycles. The molecule has 9 aromatic rings. The van der Waals surface area contributed by atoms with Crippen molar-refractivity contribution < 1.29 is 0 Å². The highest BCUT2D eigenvalue weighted by Gasteiger charge is 2.16. The first-order valence-corrected chi connectivity index (χ1v) is 16.4. The molecular weight excluding hydrogens is 581 g/mol. The van der Waals surface area contributed by atoms with Gasteiger partial charge in [0, 0.05) is 28.0 Å². The van der Waals surface area contributed by atoms with Crippen LogP contribution in [0, 0.1) is 0 Å². The molecule has 0 aliphatic heterocycles. The van der Waals surface area contributed by atoms with Gasteiger partial charge in [-0.25, -0.2) is 0 Å². The standard InChI is InChI=1S/C46H32N2/c1-4-12-36(13-5-1)46-42-18-10-11-19-44(42)48-43-30-26-37(32-38(43)27-31-45(46)48)35-22-20-33(21-23-35)34-24-28-41(29-25-34)47(39-14-6-2-7-15-39)40-16-8-3-9-17-40/h1-32H. The minimum atomic E-state index is 1.13. The minimum absolute atomic E-state index is 1.13. The summed E-state index contributed by atoms with van der Waals surface area (Å²) in [5.41, 5.74) is 14.4. The van der Waals surface area contributed by atoms with E-state index in [1.165, 1.54) is 60.7 Å². The number of hydrogen-bond acceptors (Lipinski definition) is 1. The zero-order valence-corrected chi connectivity index (χ0v) is 26.4. The van der Waals surface area contributed by atoms with Crippen molar-refractivity contribution in [2.24, 2.45) is 0 Å². The summed E-state index contributed by atoms with van der Waals surface area (Å²) >= 11 is 0. The van der Waals surface area contributed by atoms with Crippen molar-refractivity contribution >= 4 is 44.4 Å². The normalized spacial score (nSPS) is 11.3. The summed E-state index contributed by atoms with van der Waals surface area (Å²) in [6.45, 7) is 0. The Morgan fingerprint density at radius 2 is 0.792 bits per heavy atom. The summed E-state index contributed by atoms with van der Waals surface area (Å²) in [7, 11) is 0. The van der Waals surface area contributed by atoms with Crippen molar-refractivity contribution in [1.82, 2.24) is 4.40 Å². The van der Waals surface area contributed by atoms with E-state index in [1.54, 1.807) is 0 Å². The second-order valence-corrected chi connectivity index (χ2v) is 12.2. The third kappa shape index (κ3) is 4.83. The number of nitrogens with zero attached hydrogens (tertiary/aromatic N) is 2. The van der Waals surface area contributed by atoms with Gasteiger partial charge in [-0.15, -0.1) is 0 Å². The Hall–Kier alpha value is -6.38.